The Kier molecular flexibility index (Phi) is 4.51. The molecule has 2 N–H and O–H groups in total. The van der Waals surface area contributed by atoms with Gasteiger partial charge in [0.25, 0.3) is 0 Å². The molecule has 0 spiro atoms. The molecule has 1 amide bonds. The van der Waals surface area contributed by atoms with Crippen molar-refractivity contribution in [1.29, 1.82) is 0 Å². The van der Waals surface area contributed by atoms with Gasteiger partial charge in [0, 0.05) is 5.69 Å². The van der Waals surface area contributed by atoms with Gasteiger partial charge in [-0.15, -0.1) is 0 Å². The third kappa shape index (κ3) is 3.78. The molecule has 7 heteroatoms. The highest BCUT2D eigenvalue weighted by Gasteiger charge is 2.19. The van der Waals surface area contributed by atoms with Crippen LogP contribution in [-0.2, 0) is 4.79 Å². The summed E-state index contributed by atoms with van der Waals surface area (Å²) in [6, 6.07) is 5.67. The summed E-state index contributed by atoms with van der Waals surface area (Å²) in [5.74, 6) is -0.475. The van der Waals surface area contributed by atoms with E-state index >= 15 is 0 Å². The predicted molar refractivity (Wildman–Crippen MR) is 71.3 cm³/mol. The van der Waals surface area contributed by atoms with E-state index in [1.54, 1.807) is 0 Å². The maximum atomic E-state index is 12.8. The summed E-state index contributed by atoms with van der Waals surface area (Å²) in [6.07, 6.45) is 2.05. The van der Waals surface area contributed by atoms with Crippen LogP contribution in [0, 0.1) is 5.82 Å². The minimum atomic E-state index is -0.332. The smallest absolute Gasteiger partial charge is 0.237 e. The summed E-state index contributed by atoms with van der Waals surface area (Å²) in [6.45, 7) is 1.91. The van der Waals surface area contributed by atoms with Crippen LogP contribution in [-0.4, -0.2) is 26.3 Å². The van der Waals surface area contributed by atoms with Crippen molar-refractivity contribution >= 4 is 23.4 Å². The van der Waals surface area contributed by atoms with Gasteiger partial charge in [-0.2, -0.15) is 5.10 Å². The first-order valence-electron chi connectivity index (χ1n) is 5.77. The van der Waals surface area contributed by atoms with Gasteiger partial charge in [-0.05, 0) is 30.7 Å². The van der Waals surface area contributed by atoms with Crippen LogP contribution in [0.25, 0.3) is 0 Å². The molecule has 1 atom stereocenters. The number of rotatable bonds is 5. The second kappa shape index (κ2) is 6.33. The molecule has 0 unspecified atom stereocenters. The van der Waals surface area contributed by atoms with Crippen molar-refractivity contribution < 1.29 is 9.18 Å². The Balaban J connectivity index is 1.98. The topological polar surface area (TPSA) is 70.7 Å². The molecular weight excluding hydrogens is 267 g/mol. The third-order valence-corrected chi connectivity index (χ3v) is 3.67. The number of aromatic nitrogens is 3. The highest BCUT2D eigenvalue weighted by molar-refractivity contribution is 8.00. The van der Waals surface area contributed by atoms with Crippen LogP contribution in [0.3, 0.4) is 0 Å². The molecule has 1 heterocycles. The van der Waals surface area contributed by atoms with Crippen LogP contribution >= 0.6 is 11.8 Å². The minimum Gasteiger partial charge on any atom is -0.325 e. The van der Waals surface area contributed by atoms with Crippen LogP contribution in [0.5, 0.6) is 0 Å². The SMILES string of the molecule is CC[C@@H](Sc1ncn[nH]1)C(=O)Nc1ccc(F)cc1. The van der Waals surface area contributed by atoms with E-state index in [1.807, 2.05) is 6.92 Å². The normalized spacial score (nSPS) is 12.1. The van der Waals surface area contributed by atoms with Gasteiger partial charge in [0.05, 0.1) is 5.25 Å². The van der Waals surface area contributed by atoms with Gasteiger partial charge in [0.1, 0.15) is 12.1 Å². The van der Waals surface area contributed by atoms with Gasteiger partial charge in [-0.3, -0.25) is 9.89 Å². The van der Waals surface area contributed by atoms with Crippen molar-refractivity contribution in [3.8, 4) is 0 Å². The Morgan fingerprint density at radius 1 is 1.47 bits per heavy atom. The standard InChI is InChI=1S/C12H13FN4OS/c1-2-10(19-12-14-7-15-17-12)11(18)16-9-5-3-8(13)4-6-9/h3-7,10H,2H2,1H3,(H,16,18)(H,14,15,17)/t10-/m1/s1. The highest BCUT2D eigenvalue weighted by Crippen LogP contribution is 2.22. The zero-order valence-corrected chi connectivity index (χ0v) is 11.1. The summed E-state index contributed by atoms with van der Waals surface area (Å²) < 4.78 is 12.8. The molecule has 0 saturated carbocycles. The summed E-state index contributed by atoms with van der Waals surface area (Å²) in [7, 11) is 0. The van der Waals surface area contributed by atoms with Crippen molar-refractivity contribution in [2.24, 2.45) is 0 Å². The van der Waals surface area contributed by atoms with E-state index in [1.165, 1.54) is 42.4 Å². The molecule has 2 rings (SSSR count). The van der Waals surface area contributed by atoms with E-state index in [2.05, 4.69) is 20.5 Å². The molecule has 1 aromatic heterocycles. The number of nitrogens with zero attached hydrogens (tertiary/aromatic N) is 2. The van der Waals surface area contributed by atoms with E-state index < -0.39 is 0 Å². The molecule has 100 valence electrons. The second-order valence-electron chi connectivity index (χ2n) is 3.80. The quantitative estimate of drug-likeness (QED) is 0.825. The second-order valence-corrected chi connectivity index (χ2v) is 4.99. The maximum Gasteiger partial charge on any atom is 0.237 e. The molecule has 0 radical (unpaired) electrons. The molecule has 0 aliphatic heterocycles. The predicted octanol–water partition coefficient (Wildman–Crippen LogP) is 2.45. The maximum absolute atomic E-state index is 12.8. The van der Waals surface area contributed by atoms with Gasteiger partial charge < -0.3 is 5.32 Å². The van der Waals surface area contributed by atoms with Crippen molar-refractivity contribution in [3.05, 3.63) is 36.4 Å². The number of hydrogen-bond acceptors (Lipinski definition) is 4. The number of hydrogen-bond donors (Lipinski definition) is 2. The molecule has 0 fully saturated rings. The van der Waals surface area contributed by atoms with Crippen molar-refractivity contribution in [2.45, 2.75) is 23.8 Å². The number of H-pyrrole nitrogens is 1. The van der Waals surface area contributed by atoms with Crippen molar-refractivity contribution in [2.75, 3.05) is 5.32 Å². The van der Waals surface area contributed by atoms with Gasteiger partial charge >= 0.3 is 0 Å². The van der Waals surface area contributed by atoms with Crippen LogP contribution < -0.4 is 5.32 Å². The molecule has 0 bridgehead atoms. The fourth-order valence-corrected chi connectivity index (χ4v) is 2.28. The number of nitrogens with one attached hydrogen (secondary N) is 2. The number of amides is 1. The van der Waals surface area contributed by atoms with Crippen molar-refractivity contribution in [1.82, 2.24) is 15.2 Å². The average molecular weight is 280 g/mol. The van der Waals surface area contributed by atoms with Gasteiger partial charge in [0.2, 0.25) is 5.91 Å². The first kappa shape index (κ1) is 13.5. The van der Waals surface area contributed by atoms with Gasteiger partial charge in [-0.25, -0.2) is 9.37 Å². The third-order valence-electron chi connectivity index (χ3n) is 2.42. The number of carbonyl (C=O) groups excluding carboxylic acids is 1. The van der Waals surface area contributed by atoms with E-state index in [4.69, 9.17) is 0 Å². The molecule has 1 aromatic carbocycles. The summed E-state index contributed by atoms with van der Waals surface area (Å²) >= 11 is 1.31. The molecule has 2 aromatic rings. The lowest BCUT2D eigenvalue weighted by Gasteiger charge is -2.13. The van der Waals surface area contributed by atoms with Gasteiger partial charge in [-0.1, -0.05) is 18.7 Å². The fourth-order valence-electron chi connectivity index (χ4n) is 1.46. The summed E-state index contributed by atoms with van der Waals surface area (Å²) in [4.78, 5) is 16.0. The lowest BCUT2D eigenvalue weighted by atomic mass is 10.2. The van der Waals surface area contributed by atoms with Crippen LogP contribution in [0.4, 0.5) is 10.1 Å². The number of halogens is 1. The minimum absolute atomic E-state index is 0.143. The molecule has 5 nitrogen and oxygen atoms in total. The lowest BCUT2D eigenvalue weighted by molar-refractivity contribution is -0.115. The average Bonchev–Trinajstić information content (AvgIpc) is 2.91. The fraction of sp³-hybridized carbons (Fsp3) is 0.250. The van der Waals surface area contributed by atoms with E-state index in [0.29, 0.717) is 17.3 Å². The largest absolute Gasteiger partial charge is 0.325 e. The van der Waals surface area contributed by atoms with E-state index in [0.717, 1.165) is 0 Å². The number of benzene rings is 1. The number of thioether (sulfide) groups is 1. The zero-order chi connectivity index (χ0) is 13.7. The van der Waals surface area contributed by atoms with Crippen molar-refractivity contribution in [3.63, 3.8) is 0 Å². The summed E-state index contributed by atoms with van der Waals surface area (Å²) in [5, 5.41) is 9.50. The Morgan fingerprint density at radius 3 is 2.79 bits per heavy atom. The monoisotopic (exact) mass is 280 g/mol. The molecule has 0 aliphatic carbocycles. The van der Waals surface area contributed by atoms with Gasteiger partial charge in [0.15, 0.2) is 5.16 Å². The Labute approximate surface area is 114 Å². The molecular formula is C12H13FN4OS. The Morgan fingerprint density at radius 2 is 2.21 bits per heavy atom. The molecule has 0 saturated heterocycles. The van der Waals surface area contributed by atoms with Crippen LogP contribution in [0.15, 0.2) is 35.7 Å². The number of anilines is 1. The first-order valence-corrected chi connectivity index (χ1v) is 6.65. The number of aromatic amines is 1. The summed E-state index contributed by atoms with van der Waals surface area (Å²) in [5.41, 5.74) is 0.572. The Bertz CT molecular complexity index is 529. The zero-order valence-electron chi connectivity index (χ0n) is 10.3. The lowest BCUT2D eigenvalue weighted by Crippen LogP contribution is -2.24. The Hall–Kier alpha value is -1.89. The molecule has 0 aliphatic rings. The van der Waals surface area contributed by atoms with E-state index in [9.17, 15) is 9.18 Å². The number of carbonyl (C=O) groups is 1. The highest BCUT2D eigenvalue weighted by atomic mass is 32.2. The first-order chi connectivity index (χ1) is 9.19. The van der Waals surface area contributed by atoms with Crippen LogP contribution in [0.2, 0.25) is 0 Å². The van der Waals surface area contributed by atoms with Crippen LogP contribution in [0.1, 0.15) is 13.3 Å². The van der Waals surface area contributed by atoms with E-state index in [-0.39, 0.29) is 17.0 Å². The molecule has 19 heavy (non-hydrogen) atoms.